The normalized spacial score (nSPS) is 17.4. The number of ether oxygens (including phenoxy) is 1. The van der Waals surface area contributed by atoms with Crippen LogP contribution < -0.4 is 5.73 Å². The van der Waals surface area contributed by atoms with Crippen LogP contribution in [0.25, 0.3) is 11.1 Å². The van der Waals surface area contributed by atoms with E-state index in [1.54, 1.807) is 23.1 Å². The zero-order valence-electron chi connectivity index (χ0n) is 17.7. The predicted molar refractivity (Wildman–Crippen MR) is 119 cm³/mol. The number of hydrogen-bond acceptors (Lipinski definition) is 5. The van der Waals surface area contributed by atoms with Gasteiger partial charge in [-0.3, -0.25) is 14.6 Å². The van der Waals surface area contributed by atoms with Crippen LogP contribution in [0.1, 0.15) is 41.2 Å². The first-order chi connectivity index (χ1) is 14.6. The summed E-state index contributed by atoms with van der Waals surface area (Å²) in [6, 6.07) is 5.14. The number of rotatable bonds is 4. The maximum Gasteiger partial charge on any atom is 0.257 e. The highest BCUT2D eigenvalue weighted by molar-refractivity contribution is 6.36. The standard InChI is InChI=1S/C22H24Cl2N4O3/c1-12-15(7-25)19(14-5-4-13(23)6-16(14)24)20-17(26-12)8-27(21(20)30)9-18(29)28-11-31-10-22(28,2)3/h4-6H,7-11,25H2,1-3H3. The van der Waals surface area contributed by atoms with Gasteiger partial charge >= 0.3 is 0 Å². The lowest BCUT2D eigenvalue weighted by molar-refractivity contribution is -0.135. The number of carbonyl (C=O) groups excluding carboxylic acids is 2. The zero-order valence-corrected chi connectivity index (χ0v) is 19.2. The lowest BCUT2D eigenvalue weighted by Gasteiger charge is -2.30. The molecule has 1 fully saturated rings. The molecule has 1 saturated heterocycles. The molecule has 2 amide bonds. The topological polar surface area (TPSA) is 88.8 Å². The van der Waals surface area contributed by atoms with E-state index in [0.29, 0.717) is 39.0 Å². The molecule has 164 valence electrons. The Hall–Kier alpha value is -2.19. The molecular weight excluding hydrogens is 439 g/mol. The van der Waals surface area contributed by atoms with Gasteiger partial charge in [0.15, 0.2) is 0 Å². The summed E-state index contributed by atoms with van der Waals surface area (Å²) in [6.07, 6.45) is 0. The van der Waals surface area contributed by atoms with Crippen molar-refractivity contribution in [1.82, 2.24) is 14.8 Å². The summed E-state index contributed by atoms with van der Waals surface area (Å²) >= 11 is 12.6. The van der Waals surface area contributed by atoms with E-state index in [-0.39, 0.29) is 38.2 Å². The van der Waals surface area contributed by atoms with Crippen LogP contribution in [0.3, 0.4) is 0 Å². The number of nitrogens with zero attached hydrogens (tertiary/aromatic N) is 3. The quantitative estimate of drug-likeness (QED) is 0.751. The van der Waals surface area contributed by atoms with Gasteiger partial charge in [0.05, 0.1) is 29.9 Å². The SMILES string of the molecule is Cc1nc2c(c(-c3ccc(Cl)cc3Cl)c1CN)C(=O)N(CC(=O)N1COCC1(C)C)C2. The van der Waals surface area contributed by atoms with Crippen LogP contribution in [0.2, 0.25) is 10.0 Å². The van der Waals surface area contributed by atoms with E-state index in [0.717, 1.165) is 11.3 Å². The number of pyridine rings is 1. The van der Waals surface area contributed by atoms with Gasteiger partial charge in [-0.05, 0) is 38.5 Å². The minimum absolute atomic E-state index is 0.0488. The van der Waals surface area contributed by atoms with Gasteiger partial charge in [0.25, 0.3) is 5.91 Å². The maximum absolute atomic E-state index is 13.4. The molecule has 4 rings (SSSR count). The number of fused-ring (bicyclic) bond motifs is 1. The third-order valence-corrected chi connectivity index (χ3v) is 6.41. The monoisotopic (exact) mass is 462 g/mol. The summed E-state index contributed by atoms with van der Waals surface area (Å²) in [5, 5.41) is 0.924. The van der Waals surface area contributed by atoms with Gasteiger partial charge in [0, 0.05) is 33.4 Å². The summed E-state index contributed by atoms with van der Waals surface area (Å²) in [7, 11) is 0. The molecule has 2 N–H and O–H groups in total. The smallest absolute Gasteiger partial charge is 0.257 e. The summed E-state index contributed by atoms with van der Waals surface area (Å²) in [5.41, 5.74) is 9.50. The van der Waals surface area contributed by atoms with Crippen LogP contribution in [-0.2, 0) is 22.6 Å². The first-order valence-electron chi connectivity index (χ1n) is 9.99. The average molecular weight is 463 g/mol. The minimum atomic E-state index is -0.406. The molecule has 31 heavy (non-hydrogen) atoms. The van der Waals surface area contributed by atoms with E-state index < -0.39 is 5.54 Å². The summed E-state index contributed by atoms with van der Waals surface area (Å²) in [6.45, 7) is 6.83. The molecule has 0 atom stereocenters. The van der Waals surface area contributed by atoms with E-state index in [9.17, 15) is 9.59 Å². The van der Waals surface area contributed by atoms with Crippen molar-refractivity contribution in [1.29, 1.82) is 0 Å². The van der Waals surface area contributed by atoms with E-state index >= 15 is 0 Å². The van der Waals surface area contributed by atoms with Crippen molar-refractivity contribution in [3.8, 4) is 11.1 Å². The highest BCUT2D eigenvalue weighted by Crippen LogP contribution is 2.40. The number of halogens is 2. The second kappa shape index (κ2) is 8.06. The summed E-state index contributed by atoms with van der Waals surface area (Å²) in [4.78, 5) is 34.2. The van der Waals surface area contributed by atoms with Crippen LogP contribution in [0, 0.1) is 6.92 Å². The first kappa shape index (κ1) is 22.0. The average Bonchev–Trinajstić information content (AvgIpc) is 3.19. The molecule has 0 unspecified atom stereocenters. The third-order valence-electron chi connectivity index (χ3n) is 5.86. The zero-order chi connectivity index (χ0) is 22.5. The molecule has 2 aliphatic rings. The number of benzene rings is 1. The predicted octanol–water partition coefficient (Wildman–Crippen LogP) is 3.37. The van der Waals surface area contributed by atoms with Crippen LogP contribution in [0.5, 0.6) is 0 Å². The van der Waals surface area contributed by atoms with Gasteiger partial charge in [-0.25, -0.2) is 0 Å². The van der Waals surface area contributed by atoms with Gasteiger partial charge in [-0.2, -0.15) is 0 Å². The largest absolute Gasteiger partial charge is 0.359 e. The summed E-state index contributed by atoms with van der Waals surface area (Å²) in [5.74, 6) is -0.421. The molecular formula is C22H24Cl2N4O3. The molecule has 7 nitrogen and oxygen atoms in total. The molecule has 3 heterocycles. The Morgan fingerprint density at radius 1 is 1.29 bits per heavy atom. The van der Waals surface area contributed by atoms with Gasteiger partial charge in [-0.1, -0.05) is 29.3 Å². The number of hydrogen-bond donors (Lipinski definition) is 1. The molecule has 0 aliphatic carbocycles. The van der Waals surface area contributed by atoms with Crippen LogP contribution in [0.15, 0.2) is 18.2 Å². The number of aryl methyl sites for hydroxylation is 1. The highest BCUT2D eigenvalue weighted by Gasteiger charge is 2.40. The highest BCUT2D eigenvalue weighted by atomic mass is 35.5. The molecule has 2 aromatic rings. The maximum atomic E-state index is 13.4. The molecule has 1 aromatic carbocycles. The Labute approximate surface area is 191 Å². The van der Waals surface area contributed by atoms with Crippen molar-refractivity contribution in [2.45, 2.75) is 39.4 Å². The number of aromatic nitrogens is 1. The van der Waals surface area contributed by atoms with E-state index in [1.807, 2.05) is 20.8 Å². The Morgan fingerprint density at radius 2 is 2.03 bits per heavy atom. The molecule has 2 aliphatic heterocycles. The molecule has 1 aromatic heterocycles. The second-order valence-corrected chi connectivity index (χ2v) is 9.32. The number of amides is 2. The minimum Gasteiger partial charge on any atom is -0.359 e. The Balaban J connectivity index is 1.73. The Bertz CT molecular complexity index is 1090. The van der Waals surface area contributed by atoms with Gasteiger partial charge in [0.2, 0.25) is 5.91 Å². The van der Waals surface area contributed by atoms with E-state index in [1.165, 1.54) is 4.90 Å². The van der Waals surface area contributed by atoms with Gasteiger partial charge in [0.1, 0.15) is 13.3 Å². The van der Waals surface area contributed by atoms with Gasteiger partial charge < -0.3 is 20.3 Å². The van der Waals surface area contributed by atoms with Crippen molar-refractivity contribution in [3.05, 3.63) is 50.8 Å². The van der Waals surface area contributed by atoms with Crippen LogP contribution in [0.4, 0.5) is 0 Å². The molecule has 0 bridgehead atoms. The molecule has 9 heteroatoms. The van der Waals surface area contributed by atoms with Gasteiger partial charge in [-0.15, -0.1) is 0 Å². The number of carbonyl (C=O) groups is 2. The van der Waals surface area contributed by atoms with Crippen molar-refractivity contribution in [3.63, 3.8) is 0 Å². The third kappa shape index (κ3) is 3.80. The van der Waals surface area contributed by atoms with Crippen molar-refractivity contribution in [2.75, 3.05) is 19.9 Å². The fourth-order valence-corrected chi connectivity index (χ4v) is 4.72. The molecule has 0 radical (unpaired) electrons. The Kier molecular flexibility index (Phi) is 5.72. The van der Waals surface area contributed by atoms with E-state index in [4.69, 9.17) is 33.7 Å². The fraction of sp³-hybridized carbons (Fsp3) is 0.409. The van der Waals surface area contributed by atoms with Crippen molar-refractivity contribution < 1.29 is 14.3 Å². The first-order valence-corrected chi connectivity index (χ1v) is 10.7. The molecule has 0 saturated carbocycles. The summed E-state index contributed by atoms with van der Waals surface area (Å²) < 4.78 is 5.44. The second-order valence-electron chi connectivity index (χ2n) is 8.47. The van der Waals surface area contributed by atoms with Crippen molar-refractivity contribution >= 4 is 35.0 Å². The van der Waals surface area contributed by atoms with Crippen LogP contribution in [-0.4, -0.2) is 52.0 Å². The lowest BCUT2D eigenvalue weighted by Crippen LogP contribution is -2.48. The number of nitrogens with two attached hydrogens (primary N) is 1. The lowest BCUT2D eigenvalue weighted by atomic mass is 9.93. The fourth-order valence-electron chi connectivity index (χ4n) is 4.22. The Morgan fingerprint density at radius 3 is 2.65 bits per heavy atom. The van der Waals surface area contributed by atoms with Crippen LogP contribution >= 0.6 is 23.2 Å². The van der Waals surface area contributed by atoms with Crippen molar-refractivity contribution in [2.24, 2.45) is 5.73 Å². The van der Waals surface area contributed by atoms with E-state index in [2.05, 4.69) is 4.98 Å². The molecule has 0 spiro atoms.